The van der Waals surface area contributed by atoms with E-state index in [-0.39, 0.29) is 12.5 Å². The van der Waals surface area contributed by atoms with E-state index in [2.05, 4.69) is 9.46 Å². The molecule has 0 aliphatic heterocycles. The van der Waals surface area contributed by atoms with Crippen molar-refractivity contribution in [1.82, 2.24) is 4.72 Å². The Kier molecular flexibility index (Phi) is 5.91. The van der Waals surface area contributed by atoms with E-state index in [0.717, 1.165) is 7.11 Å². The molecule has 7 heteroatoms. The van der Waals surface area contributed by atoms with Crippen LogP contribution in [0.25, 0.3) is 0 Å². The van der Waals surface area contributed by atoms with Crippen LogP contribution in [0.3, 0.4) is 0 Å². The van der Waals surface area contributed by atoms with Gasteiger partial charge in [0.25, 0.3) is 0 Å². The summed E-state index contributed by atoms with van der Waals surface area (Å²) in [4.78, 5) is 11.0. The summed E-state index contributed by atoms with van der Waals surface area (Å²) in [5.41, 5.74) is 0. The number of esters is 1. The maximum absolute atomic E-state index is 11.5. The molecule has 2 N–H and O–H groups in total. The highest BCUT2D eigenvalue weighted by atomic mass is 32.2. The van der Waals surface area contributed by atoms with Crippen molar-refractivity contribution < 1.29 is 23.1 Å². The van der Waals surface area contributed by atoms with E-state index in [1.54, 1.807) is 13.8 Å². The predicted molar refractivity (Wildman–Crippen MR) is 59.2 cm³/mol. The van der Waals surface area contributed by atoms with Crippen molar-refractivity contribution in [2.45, 2.75) is 32.1 Å². The molecule has 2 atom stereocenters. The predicted octanol–water partition coefficient (Wildman–Crippen LogP) is -0.516. The lowest BCUT2D eigenvalue weighted by Crippen LogP contribution is -2.42. The van der Waals surface area contributed by atoms with Gasteiger partial charge >= 0.3 is 5.97 Å². The molecule has 0 aliphatic rings. The SMILES string of the molecule is COC(=O)C(C)S(=O)(=O)NCC(O)C(C)C. The summed E-state index contributed by atoms with van der Waals surface area (Å²) >= 11 is 0. The van der Waals surface area contributed by atoms with Crippen molar-refractivity contribution in [1.29, 1.82) is 0 Å². The van der Waals surface area contributed by atoms with Gasteiger partial charge in [0.1, 0.15) is 0 Å². The summed E-state index contributed by atoms with van der Waals surface area (Å²) in [6, 6.07) is 0. The fourth-order valence-corrected chi connectivity index (χ4v) is 1.86. The molecule has 0 aromatic heterocycles. The van der Waals surface area contributed by atoms with Crippen LogP contribution in [-0.4, -0.2) is 44.5 Å². The van der Waals surface area contributed by atoms with E-state index in [1.807, 2.05) is 0 Å². The van der Waals surface area contributed by atoms with E-state index in [9.17, 15) is 18.3 Å². The number of rotatable bonds is 6. The molecule has 0 bridgehead atoms. The van der Waals surface area contributed by atoms with Gasteiger partial charge in [-0.3, -0.25) is 4.79 Å². The molecule has 2 unspecified atom stereocenters. The molecule has 96 valence electrons. The van der Waals surface area contributed by atoms with Gasteiger partial charge in [0.15, 0.2) is 5.25 Å². The average Bonchev–Trinajstić information content (AvgIpc) is 2.23. The van der Waals surface area contributed by atoms with Gasteiger partial charge in [0.05, 0.1) is 13.2 Å². The second-order valence-electron chi connectivity index (χ2n) is 3.87. The molecule has 0 fully saturated rings. The van der Waals surface area contributed by atoms with Crippen LogP contribution in [0.4, 0.5) is 0 Å². The molecular formula is C9H19NO5S. The number of carbonyl (C=O) groups is 1. The van der Waals surface area contributed by atoms with Crippen LogP contribution >= 0.6 is 0 Å². The second-order valence-corrected chi connectivity index (χ2v) is 5.96. The first kappa shape index (κ1) is 15.3. The van der Waals surface area contributed by atoms with Crippen LogP contribution in [0.15, 0.2) is 0 Å². The fourth-order valence-electron chi connectivity index (χ4n) is 0.855. The molecule has 0 saturated heterocycles. The van der Waals surface area contributed by atoms with E-state index in [0.29, 0.717) is 0 Å². The number of carbonyl (C=O) groups excluding carboxylic acids is 1. The molecule has 0 aromatic rings. The lowest BCUT2D eigenvalue weighted by molar-refractivity contribution is -0.139. The minimum absolute atomic E-state index is 0.0591. The van der Waals surface area contributed by atoms with Crippen LogP contribution in [0.1, 0.15) is 20.8 Å². The third-order valence-corrected chi connectivity index (χ3v) is 3.95. The van der Waals surface area contributed by atoms with Crippen LogP contribution in [0.2, 0.25) is 0 Å². The number of sulfonamides is 1. The minimum atomic E-state index is -3.78. The Balaban J connectivity index is 4.42. The molecule has 0 rings (SSSR count). The summed E-state index contributed by atoms with van der Waals surface area (Å²) in [7, 11) is -2.66. The van der Waals surface area contributed by atoms with Crippen LogP contribution in [0.5, 0.6) is 0 Å². The molecule has 0 radical (unpaired) electrons. The molecule has 6 nitrogen and oxygen atoms in total. The molecule has 0 aliphatic carbocycles. The maximum Gasteiger partial charge on any atom is 0.325 e. The first-order valence-electron chi connectivity index (χ1n) is 4.96. The number of hydrogen-bond donors (Lipinski definition) is 2. The van der Waals surface area contributed by atoms with Crippen LogP contribution in [-0.2, 0) is 19.6 Å². The van der Waals surface area contributed by atoms with Gasteiger partial charge in [-0.05, 0) is 12.8 Å². The summed E-state index contributed by atoms with van der Waals surface area (Å²) < 4.78 is 29.6. The van der Waals surface area contributed by atoms with Gasteiger partial charge in [-0.2, -0.15) is 0 Å². The topological polar surface area (TPSA) is 92.7 Å². The largest absolute Gasteiger partial charge is 0.468 e. The number of aliphatic hydroxyl groups is 1. The molecule has 16 heavy (non-hydrogen) atoms. The Hall–Kier alpha value is -0.660. The van der Waals surface area contributed by atoms with E-state index in [1.165, 1.54) is 6.92 Å². The molecule has 0 saturated carbocycles. The highest BCUT2D eigenvalue weighted by Crippen LogP contribution is 2.03. The highest BCUT2D eigenvalue weighted by molar-refractivity contribution is 7.90. The van der Waals surface area contributed by atoms with E-state index < -0.39 is 27.3 Å². The lowest BCUT2D eigenvalue weighted by atomic mass is 10.1. The summed E-state index contributed by atoms with van der Waals surface area (Å²) in [5, 5.41) is 8.14. The number of hydrogen-bond acceptors (Lipinski definition) is 5. The van der Waals surface area contributed by atoms with Crippen LogP contribution < -0.4 is 4.72 Å². The van der Waals surface area contributed by atoms with Crippen molar-refractivity contribution in [2.24, 2.45) is 5.92 Å². The first-order valence-corrected chi connectivity index (χ1v) is 6.51. The minimum Gasteiger partial charge on any atom is -0.468 e. The molecule has 0 amide bonds. The number of ether oxygens (including phenoxy) is 1. The Bertz CT molecular complexity index is 325. The zero-order valence-electron chi connectivity index (χ0n) is 9.93. The fraction of sp³-hybridized carbons (Fsp3) is 0.889. The third kappa shape index (κ3) is 4.46. The normalized spacial score (nSPS) is 15.9. The lowest BCUT2D eigenvalue weighted by Gasteiger charge is -2.17. The van der Waals surface area contributed by atoms with E-state index >= 15 is 0 Å². The maximum atomic E-state index is 11.5. The van der Waals surface area contributed by atoms with Crippen LogP contribution in [0, 0.1) is 5.92 Å². The van der Waals surface area contributed by atoms with Gasteiger partial charge < -0.3 is 9.84 Å². The standard InChI is InChI=1S/C9H19NO5S/c1-6(2)8(11)5-10-16(13,14)7(3)9(12)15-4/h6-8,10-11H,5H2,1-4H3. The number of aliphatic hydroxyl groups excluding tert-OH is 1. The monoisotopic (exact) mass is 253 g/mol. The Morgan fingerprint density at radius 1 is 1.38 bits per heavy atom. The molecular weight excluding hydrogens is 234 g/mol. The Morgan fingerprint density at radius 2 is 1.88 bits per heavy atom. The highest BCUT2D eigenvalue weighted by Gasteiger charge is 2.29. The number of nitrogens with one attached hydrogen (secondary N) is 1. The van der Waals surface area contributed by atoms with Crippen molar-refractivity contribution in [2.75, 3.05) is 13.7 Å². The summed E-state index contributed by atoms with van der Waals surface area (Å²) in [6.45, 7) is 4.66. The van der Waals surface area contributed by atoms with Gasteiger partial charge in [0.2, 0.25) is 10.0 Å². The second kappa shape index (κ2) is 6.17. The van der Waals surface area contributed by atoms with Crippen molar-refractivity contribution >= 4 is 16.0 Å². The Morgan fingerprint density at radius 3 is 2.25 bits per heavy atom. The van der Waals surface area contributed by atoms with Gasteiger partial charge in [-0.1, -0.05) is 13.8 Å². The smallest absolute Gasteiger partial charge is 0.325 e. The molecule has 0 heterocycles. The zero-order valence-corrected chi connectivity index (χ0v) is 10.7. The first-order chi connectivity index (χ1) is 7.22. The van der Waals surface area contributed by atoms with Crippen molar-refractivity contribution in [3.05, 3.63) is 0 Å². The molecule has 0 aromatic carbocycles. The summed E-state index contributed by atoms with van der Waals surface area (Å²) in [5.74, 6) is -0.886. The van der Waals surface area contributed by atoms with Gasteiger partial charge in [-0.25, -0.2) is 13.1 Å². The van der Waals surface area contributed by atoms with Gasteiger partial charge in [-0.15, -0.1) is 0 Å². The van der Waals surface area contributed by atoms with Crippen molar-refractivity contribution in [3.63, 3.8) is 0 Å². The average molecular weight is 253 g/mol. The van der Waals surface area contributed by atoms with E-state index in [4.69, 9.17) is 0 Å². The number of methoxy groups -OCH3 is 1. The third-order valence-electron chi connectivity index (χ3n) is 2.26. The summed E-state index contributed by atoms with van der Waals surface area (Å²) in [6.07, 6.45) is -0.778. The zero-order chi connectivity index (χ0) is 12.9. The Labute approximate surface area is 96.0 Å². The van der Waals surface area contributed by atoms with Gasteiger partial charge in [0, 0.05) is 6.54 Å². The molecule has 0 spiro atoms. The quantitative estimate of drug-likeness (QED) is 0.622. The van der Waals surface area contributed by atoms with Crippen molar-refractivity contribution in [3.8, 4) is 0 Å².